The Balaban J connectivity index is 0.000000606. The van der Waals surface area contributed by atoms with Crippen molar-refractivity contribution in [2.24, 2.45) is 0 Å². The summed E-state index contributed by atoms with van der Waals surface area (Å²) in [6, 6.07) is 5.05. The zero-order valence-corrected chi connectivity index (χ0v) is 17.5. The lowest BCUT2D eigenvalue weighted by Crippen LogP contribution is -2.29. The second-order valence-corrected chi connectivity index (χ2v) is 6.15. The van der Waals surface area contributed by atoms with E-state index >= 15 is 0 Å². The first-order valence-corrected chi connectivity index (χ1v) is 9.19. The SMILES string of the molecule is CC.COCC(O)CN(C)C.O=Cc1cc(C(=O)Cc2cccc(F)c2F)c[nH]1. The Morgan fingerprint density at radius 2 is 1.97 bits per heavy atom. The van der Waals surface area contributed by atoms with Crippen LogP contribution in [0.4, 0.5) is 8.78 Å². The van der Waals surface area contributed by atoms with Crippen LogP contribution in [0.25, 0.3) is 0 Å². The lowest BCUT2D eigenvalue weighted by molar-refractivity contribution is 0.0479. The second kappa shape index (κ2) is 14.6. The fraction of sp³-hybridized carbons (Fsp3) is 0.429. The maximum absolute atomic E-state index is 13.4. The number of halogens is 2. The average molecular weight is 412 g/mol. The summed E-state index contributed by atoms with van der Waals surface area (Å²) >= 11 is 0. The highest BCUT2D eigenvalue weighted by atomic mass is 19.2. The normalized spacial score (nSPS) is 11.1. The number of methoxy groups -OCH3 is 1. The molecule has 8 heteroatoms. The van der Waals surface area contributed by atoms with Gasteiger partial charge in [-0.25, -0.2) is 8.78 Å². The predicted molar refractivity (Wildman–Crippen MR) is 108 cm³/mol. The van der Waals surface area contributed by atoms with Crippen molar-refractivity contribution in [3.05, 3.63) is 58.9 Å². The van der Waals surface area contributed by atoms with Gasteiger partial charge < -0.3 is 19.7 Å². The highest BCUT2D eigenvalue weighted by molar-refractivity contribution is 5.98. The molecular weight excluding hydrogens is 382 g/mol. The van der Waals surface area contributed by atoms with E-state index in [1.54, 1.807) is 7.11 Å². The van der Waals surface area contributed by atoms with Gasteiger partial charge >= 0.3 is 0 Å². The van der Waals surface area contributed by atoms with Gasteiger partial charge in [0.25, 0.3) is 0 Å². The minimum atomic E-state index is -1.02. The molecule has 0 amide bonds. The fourth-order valence-corrected chi connectivity index (χ4v) is 2.27. The minimum Gasteiger partial charge on any atom is -0.389 e. The number of Topliss-reactive ketones (excluding diaryl/α,β-unsaturated/α-hetero) is 1. The number of ketones is 1. The van der Waals surface area contributed by atoms with Crippen LogP contribution in [0.5, 0.6) is 0 Å². The van der Waals surface area contributed by atoms with Crippen molar-refractivity contribution in [2.45, 2.75) is 26.4 Å². The molecule has 29 heavy (non-hydrogen) atoms. The van der Waals surface area contributed by atoms with Crippen LogP contribution < -0.4 is 0 Å². The molecule has 0 bridgehead atoms. The number of aliphatic hydroxyl groups excluding tert-OH is 1. The van der Waals surface area contributed by atoms with Gasteiger partial charge in [0.05, 0.1) is 18.4 Å². The molecule has 162 valence electrons. The first-order valence-electron chi connectivity index (χ1n) is 9.19. The maximum atomic E-state index is 13.4. The van der Waals surface area contributed by atoms with Crippen LogP contribution in [-0.4, -0.2) is 67.5 Å². The zero-order valence-electron chi connectivity index (χ0n) is 17.5. The van der Waals surface area contributed by atoms with E-state index in [2.05, 4.69) is 4.98 Å². The van der Waals surface area contributed by atoms with Gasteiger partial charge in [-0.05, 0) is 31.8 Å². The monoisotopic (exact) mass is 412 g/mol. The number of hydrogen-bond acceptors (Lipinski definition) is 5. The highest BCUT2D eigenvalue weighted by Crippen LogP contribution is 2.14. The molecule has 1 aromatic carbocycles. The van der Waals surface area contributed by atoms with Crippen molar-refractivity contribution in [1.29, 1.82) is 0 Å². The number of aldehydes is 1. The number of hydrogen-bond donors (Lipinski definition) is 2. The molecule has 0 aliphatic heterocycles. The van der Waals surface area contributed by atoms with Crippen LogP contribution in [0.15, 0.2) is 30.5 Å². The van der Waals surface area contributed by atoms with Crippen LogP contribution in [0, 0.1) is 11.6 Å². The first kappa shape index (κ1) is 26.6. The molecule has 0 radical (unpaired) electrons. The van der Waals surface area contributed by atoms with Gasteiger partial charge in [0, 0.05) is 31.8 Å². The van der Waals surface area contributed by atoms with Crippen molar-refractivity contribution >= 4 is 12.1 Å². The third-order valence-corrected chi connectivity index (χ3v) is 3.47. The first-order chi connectivity index (χ1) is 13.8. The van der Waals surface area contributed by atoms with Crippen LogP contribution in [0.3, 0.4) is 0 Å². The number of nitrogens with zero attached hydrogens (tertiary/aromatic N) is 1. The van der Waals surface area contributed by atoms with E-state index in [4.69, 9.17) is 9.84 Å². The van der Waals surface area contributed by atoms with E-state index in [0.29, 0.717) is 19.4 Å². The molecule has 1 heterocycles. The van der Waals surface area contributed by atoms with Crippen molar-refractivity contribution in [3.63, 3.8) is 0 Å². The quantitative estimate of drug-likeness (QED) is 0.514. The number of aromatic nitrogens is 1. The Morgan fingerprint density at radius 1 is 1.31 bits per heavy atom. The molecule has 1 unspecified atom stereocenters. The van der Waals surface area contributed by atoms with Crippen LogP contribution >= 0.6 is 0 Å². The van der Waals surface area contributed by atoms with Gasteiger partial charge in [0.2, 0.25) is 0 Å². The number of carbonyl (C=O) groups excluding carboxylic acids is 2. The third-order valence-electron chi connectivity index (χ3n) is 3.47. The summed E-state index contributed by atoms with van der Waals surface area (Å²) in [6.07, 6.45) is 1.33. The van der Waals surface area contributed by atoms with E-state index in [0.717, 1.165) is 6.07 Å². The average Bonchev–Trinajstić information content (AvgIpc) is 3.17. The molecule has 0 fully saturated rings. The Hall–Kier alpha value is -2.42. The number of H-pyrrole nitrogens is 1. The Morgan fingerprint density at radius 3 is 2.48 bits per heavy atom. The van der Waals surface area contributed by atoms with E-state index < -0.39 is 11.6 Å². The lowest BCUT2D eigenvalue weighted by atomic mass is 10.0. The fourth-order valence-electron chi connectivity index (χ4n) is 2.27. The number of nitrogens with one attached hydrogen (secondary N) is 1. The topological polar surface area (TPSA) is 82.6 Å². The summed E-state index contributed by atoms with van der Waals surface area (Å²) in [5.41, 5.74) is 0.521. The van der Waals surface area contributed by atoms with Gasteiger partial charge in [0.15, 0.2) is 23.7 Å². The summed E-state index contributed by atoms with van der Waals surface area (Å²) in [6.45, 7) is 5.08. The second-order valence-electron chi connectivity index (χ2n) is 6.15. The molecule has 0 aliphatic rings. The zero-order chi connectivity index (χ0) is 22.4. The van der Waals surface area contributed by atoms with Crippen LogP contribution in [0.2, 0.25) is 0 Å². The molecule has 1 atom stereocenters. The summed E-state index contributed by atoms with van der Waals surface area (Å²) < 4.78 is 31.0. The van der Waals surface area contributed by atoms with E-state index in [9.17, 15) is 18.4 Å². The summed E-state index contributed by atoms with van der Waals surface area (Å²) in [4.78, 5) is 26.7. The smallest absolute Gasteiger partial charge is 0.168 e. The van der Waals surface area contributed by atoms with Crippen molar-refractivity contribution in [2.75, 3.05) is 34.4 Å². The summed E-state index contributed by atoms with van der Waals surface area (Å²) in [5, 5.41) is 9.05. The minimum absolute atomic E-state index is 0.00569. The Labute approximate surface area is 170 Å². The summed E-state index contributed by atoms with van der Waals surface area (Å²) in [7, 11) is 5.41. The number of carbonyl (C=O) groups is 2. The van der Waals surface area contributed by atoms with Crippen molar-refractivity contribution in [1.82, 2.24) is 9.88 Å². The van der Waals surface area contributed by atoms with Crippen LogP contribution in [-0.2, 0) is 11.2 Å². The van der Waals surface area contributed by atoms with Gasteiger partial charge in [-0.2, -0.15) is 0 Å². The lowest BCUT2D eigenvalue weighted by Gasteiger charge is -2.14. The highest BCUT2D eigenvalue weighted by Gasteiger charge is 2.14. The number of likely N-dealkylation sites (N-methyl/N-ethyl adjacent to an activating group) is 1. The van der Waals surface area contributed by atoms with Crippen molar-refractivity contribution < 1.29 is 28.2 Å². The maximum Gasteiger partial charge on any atom is 0.168 e. The van der Waals surface area contributed by atoms with Gasteiger partial charge in [0.1, 0.15) is 0 Å². The number of aliphatic hydroxyl groups is 1. The third kappa shape index (κ3) is 10.1. The summed E-state index contributed by atoms with van der Waals surface area (Å²) in [5.74, 6) is -2.39. The number of ether oxygens (including phenoxy) is 1. The molecule has 0 aliphatic carbocycles. The van der Waals surface area contributed by atoms with Crippen LogP contribution in [0.1, 0.15) is 40.3 Å². The van der Waals surface area contributed by atoms with E-state index in [-0.39, 0.29) is 35.1 Å². The van der Waals surface area contributed by atoms with E-state index in [1.807, 2.05) is 32.8 Å². The largest absolute Gasteiger partial charge is 0.389 e. The molecule has 2 aromatic rings. The van der Waals surface area contributed by atoms with Crippen molar-refractivity contribution in [3.8, 4) is 0 Å². The molecule has 6 nitrogen and oxygen atoms in total. The number of benzene rings is 1. The standard InChI is InChI=1S/C13H9F2NO2.C6H15NO2.C2H6/c14-11-3-1-2-8(13(11)15)5-12(18)9-4-10(7-17)16-6-9;1-7(2)4-6(8)5-9-3;1-2/h1-4,6-7,16H,5H2;6,8H,4-5H2,1-3H3;1-2H3. The number of aromatic amines is 1. The molecule has 1 aromatic heterocycles. The molecular formula is C21H30F2N2O4. The van der Waals surface area contributed by atoms with Gasteiger partial charge in [-0.3, -0.25) is 9.59 Å². The molecule has 0 saturated carbocycles. The van der Waals surface area contributed by atoms with E-state index in [1.165, 1.54) is 24.4 Å². The molecule has 0 spiro atoms. The molecule has 0 saturated heterocycles. The predicted octanol–water partition coefficient (Wildman–Crippen LogP) is 3.11. The van der Waals surface area contributed by atoms with Gasteiger partial charge in [-0.1, -0.05) is 26.0 Å². The Bertz CT molecular complexity index is 748. The Kier molecular flexibility index (Phi) is 13.3. The van der Waals surface area contributed by atoms with Gasteiger partial charge in [-0.15, -0.1) is 0 Å². The number of rotatable bonds is 8. The molecule has 2 rings (SSSR count). The molecule has 2 N–H and O–H groups in total.